The number of amides is 1. The van der Waals surface area contributed by atoms with E-state index in [-0.39, 0.29) is 12.5 Å². The van der Waals surface area contributed by atoms with Crippen LogP contribution in [-0.2, 0) is 16.1 Å². The van der Waals surface area contributed by atoms with Crippen molar-refractivity contribution in [3.05, 3.63) is 22.4 Å². The molecule has 0 aliphatic heterocycles. The summed E-state index contributed by atoms with van der Waals surface area (Å²) in [6, 6.07) is 4.54. The molecule has 2 rings (SSSR count). The van der Waals surface area contributed by atoms with Gasteiger partial charge in [0.25, 0.3) is 0 Å². The minimum Gasteiger partial charge on any atom is -0.375 e. The minimum absolute atomic E-state index is 0.105. The second-order valence-corrected chi connectivity index (χ2v) is 4.80. The van der Waals surface area contributed by atoms with Crippen LogP contribution >= 0.6 is 11.3 Å². The lowest BCUT2D eigenvalue weighted by molar-refractivity contribution is -0.136. The third-order valence-corrected chi connectivity index (χ3v) is 3.34. The van der Waals surface area contributed by atoms with E-state index in [0.717, 1.165) is 19.4 Å². The number of nitrogens with zero attached hydrogens (tertiary/aromatic N) is 1. The molecule has 0 N–H and O–H groups in total. The van der Waals surface area contributed by atoms with Gasteiger partial charge < -0.3 is 9.64 Å². The van der Waals surface area contributed by atoms with Crippen LogP contribution in [-0.4, -0.2) is 30.6 Å². The summed E-state index contributed by atoms with van der Waals surface area (Å²) in [5.74, 6) is 0.105. The quantitative estimate of drug-likeness (QED) is 0.766. The molecule has 1 aliphatic rings. The number of hydrogen-bond donors (Lipinski definition) is 0. The number of carbonyl (C=O) groups excluding carboxylic acids is 1. The van der Waals surface area contributed by atoms with Gasteiger partial charge in [-0.05, 0) is 24.3 Å². The lowest BCUT2D eigenvalue weighted by atomic mass is 10.4. The maximum Gasteiger partial charge on any atom is 0.249 e. The lowest BCUT2D eigenvalue weighted by Crippen LogP contribution is -2.34. The standard InChI is InChI=1S/C11H15NO2S/c1-14-8-11(13)12(9-4-5-9)7-10-3-2-6-15-10/h2-3,6,9H,4-5,7-8H2,1H3. The molecular weight excluding hydrogens is 210 g/mol. The Morgan fingerprint density at radius 3 is 3.00 bits per heavy atom. The van der Waals surface area contributed by atoms with Gasteiger partial charge >= 0.3 is 0 Å². The largest absolute Gasteiger partial charge is 0.375 e. The number of thiophene rings is 1. The molecule has 15 heavy (non-hydrogen) atoms. The van der Waals surface area contributed by atoms with Crippen molar-refractivity contribution in [2.45, 2.75) is 25.4 Å². The summed E-state index contributed by atoms with van der Waals surface area (Å²) in [5.41, 5.74) is 0. The van der Waals surface area contributed by atoms with Gasteiger partial charge in [0.15, 0.2) is 0 Å². The molecule has 1 fully saturated rings. The Balaban J connectivity index is 1.97. The molecule has 0 unspecified atom stereocenters. The zero-order chi connectivity index (χ0) is 10.7. The Labute approximate surface area is 93.7 Å². The summed E-state index contributed by atoms with van der Waals surface area (Å²) >= 11 is 1.70. The molecule has 0 radical (unpaired) electrons. The van der Waals surface area contributed by atoms with Gasteiger partial charge in [0, 0.05) is 18.0 Å². The summed E-state index contributed by atoms with van der Waals surface area (Å²) in [6.07, 6.45) is 2.28. The van der Waals surface area contributed by atoms with Crippen molar-refractivity contribution in [1.29, 1.82) is 0 Å². The van der Waals surface area contributed by atoms with Crippen LogP contribution in [0.4, 0.5) is 0 Å². The van der Waals surface area contributed by atoms with Crippen molar-refractivity contribution in [3.8, 4) is 0 Å². The number of rotatable bonds is 5. The normalized spacial score (nSPS) is 15.3. The topological polar surface area (TPSA) is 29.5 Å². The van der Waals surface area contributed by atoms with E-state index >= 15 is 0 Å². The molecule has 0 saturated heterocycles. The Bertz CT molecular complexity index is 319. The van der Waals surface area contributed by atoms with E-state index in [1.54, 1.807) is 18.4 Å². The van der Waals surface area contributed by atoms with Crippen LogP contribution in [0, 0.1) is 0 Å². The van der Waals surface area contributed by atoms with Crippen LogP contribution in [0.1, 0.15) is 17.7 Å². The smallest absolute Gasteiger partial charge is 0.249 e. The number of hydrogen-bond acceptors (Lipinski definition) is 3. The highest BCUT2D eigenvalue weighted by atomic mass is 32.1. The third kappa shape index (κ3) is 2.79. The molecule has 0 bridgehead atoms. The predicted octanol–water partition coefficient (Wildman–Crippen LogP) is 1.89. The van der Waals surface area contributed by atoms with Crippen molar-refractivity contribution >= 4 is 17.2 Å². The monoisotopic (exact) mass is 225 g/mol. The molecule has 1 aliphatic carbocycles. The van der Waals surface area contributed by atoms with Crippen molar-refractivity contribution < 1.29 is 9.53 Å². The van der Waals surface area contributed by atoms with Gasteiger partial charge in [0.05, 0.1) is 6.54 Å². The molecule has 0 atom stereocenters. The van der Waals surface area contributed by atoms with Crippen molar-refractivity contribution in [3.63, 3.8) is 0 Å². The van der Waals surface area contributed by atoms with E-state index in [4.69, 9.17) is 4.74 Å². The van der Waals surface area contributed by atoms with Gasteiger partial charge in [-0.2, -0.15) is 0 Å². The maximum atomic E-state index is 11.8. The average Bonchev–Trinajstić information content (AvgIpc) is 2.93. The zero-order valence-electron chi connectivity index (χ0n) is 8.81. The van der Waals surface area contributed by atoms with Gasteiger partial charge in [-0.3, -0.25) is 4.79 Å². The van der Waals surface area contributed by atoms with Crippen molar-refractivity contribution in [1.82, 2.24) is 4.90 Å². The predicted molar refractivity (Wildman–Crippen MR) is 59.8 cm³/mol. The first kappa shape index (κ1) is 10.6. The van der Waals surface area contributed by atoms with E-state index in [2.05, 4.69) is 6.07 Å². The van der Waals surface area contributed by atoms with Crippen molar-refractivity contribution in [2.75, 3.05) is 13.7 Å². The molecule has 0 spiro atoms. The van der Waals surface area contributed by atoms with Crippen LogP contribution in [0.25, 0.3) is 0 Å². The Morgan fingerprint density at radius 1 is 1.67 bits per heavy atom. The van der Waals surface area contributed by atoms with E-state index < -0.39 is 0 Å². The van der Waals surface area contributed by atoms with Gasteiger partial charge in [-0.25, -0.2) is 0 Å². The van der Waals surface area contributed by atoms with E-state index in [9.17, 15) is 4.79 Å². The summed E-state index contributed by atoms with van der Waals surface area (Å²) in [6.45, 7) is 0.937. The fraction of sp³-hybridized carbons (Fsp3) is 0.545. The van der Waals surface area contributed by atoms with E-state index in [1.165, 1.54) is 4.88 Å². The van der Waals surface area contributed by atoms with Gasteiger partial charge in [0.1, 0.15) is 6.61 Å². The molecule has 1 heterocycles. The molecule has 1 saturated carbocycles. The maximum absolute atomic E-state index is 11.8. The van der Waals surface area contributed by atoms with Crippen LogP contribution in [0.3, 0.4) is 0 Å². The van der Waals surface area contributed by atoms with Crippen LogP contribution in [0.15, 0.2) is 17.5 Å². The van der Waals surface area contributed by atoms with Crippen LogP contribution in [0.2, 0.25) is 0 Å². The summed E-state index contributed by atoms with van der Waals surface area (Å²) in [5, 5.41) is 2.04. The molecule has 1 aromatic heterocycles. The average molecular weight is 225 g/mol. The third-order valence-electron chi connectivity index (χ3n) is 2.48. The highest BCUT2D eigenvalue weighted by Gasteiger charge is 2.32. The summed E-state index contributed by atoms with van der Waals surface area (Å²) < 4.78 is 4.89. The highest BCUT2D eigenvalue weighted by molar-refractivity contribution is 7.09. The first-order valence-electron chi connectivity index (χ1n) is 5.12. The van der Waals surface area contributed by atoms with E-state index in [1.807, 2.05) is 16.3 Å². The van der Waals surface area contributed by atoms with E-state index in [0.29, 0.717) is 6.04 Å². The second kappa shape index (κ2) is 4.77. The molecule has 1 aromatic rings. The highest BCUT2D eigenvalue weighted by Crippen LogP contribution is 2.29. The molecule has 82 valence electrons. The summed E-state index contributed by atoms with van der Waals surface area (Å²) in [4.78, 5) is 14.9. The second-order valence-electron chi connectivity index (χ2n) is 3.77. The molecule has 0 aromatic carbocycles. The molecule has 3 nitrogen and oxygen atoms in total. The summed E-state index contributed by atoms with van der Waals surface area (Å²) in [7, 11) is 1.56. The van der Waals surface area contributed by atoms with Crippen molar-refractivity contribution in [2.24, 2.45) is 0 Å². The number of methoxy groups -OCH3 is 1. The Morgan fingerprint density at radius 2 is 2.47 bits per heavy atom. The van der Waals surface area contributed by atoms with Crippen LogP contribution in [0.5, 0.6) is 0 Å². The fourth-order valence-corrected chi connectivity index (χ4v) is 2.29. The first-order valence-corrected chi connectivity index (χ1v) is 6.00. The SMILES string of the molecule is COCC(=O)N(Cc1cccs1)C1CC1. The number of ether oxygens (including phenoxy) is 1. The fourth-order valence-electron chi connectivity index (χ4n) is 1.58. The zero-order valence-corrected chi connectivity index (χ0v) is 9.63. The molecule has 4 heteroatoms. The Kier molecular flexibility index (Phi) is 3.38. The Hall–Kier alpha value is -0.870. The molecule has 1 amide bonds. The molecular formula is C11H15NO2S. The van der Waals surface area contributed by atoms with Gasteiger partial charge in [0.2, 0.25) is 5.91 Å². The lowest BCUT2D eigenvalue weighted by Gasteiger charge is -2.21. The van der Waals surface area contributed by atoms with Gasteiger partial charge in [-0.1, -0.05) is 6.07 Å². The van der Waals surface area contributed by atoms with Crippen LogP contribution < -0.4 is 0 Å². The first-order chi connectivity index (χ1) is 7.31. The number of carbonyl (C=O) groups is 1. The van der Waals surface area contributed by atoms with Gasteiger partial charge in [-0.15, -0.1) is 11.3 Å². The minimum atomic E-state index is 0.105.